The Kier molecular flexibility index (Phi) is 3.83. The quantitative estimate of drug-likeness (QED) is 0.901. The van der Waals surface area contributed by atoms with Crippen LogP contribution < -0.4 is 9.62 Å². The van der Waals surface area contributed by atoms with Gasteiger partial charge < -0.3 is 0 Å². The Morgan fingerprint density at radius 2 is 1.83 bits per heavy atom. The molecule has 3 amide bonds. The molecular formula is C15H11ClN2O4S. The third-order valence-electron chi connectivity index (χ3n) is 3.35. The number of hydrogen-bond donors (Lipinski definition) is 1. The van der Waals surface area contributed by atoms with Gasteiger partial charge in [0.1, 0.15) is 0 Å². The summed E-state index contributed by atoms with van der Waals surface area (Å²) in [6.07, 6.45) is -0.00526. The fourth-order valence-corrected chi connectivity index (χ4v) is 3.48. The van der Waals surface area contributed by atoms with Gasteiger partial charge in [0.15, 0.2) is 0 Å². The van der Waals surface area contributed by atoms with Gasteiger partial charge in [0, 0.05) is 5.02 Å². The first-order valence-corrected chi connectivity index (χ1v) is 8.48. The molecule has 0 atom stereocenters. The average Bonchev–Trinajstić information content (AvgIpc) is 2.82. The molecular weight excluding hydrogens is 340 g/mol. The zero-order valence-corrected chi connectivity index (χ0v) is 13.3. The smallest absolute Gasteiger partial charge is 0.274 e. The Bertz CT molecular complexity index is 897. The number of amides is 3. The van der Waals surface area contributed by atoms with Gasteiger partial charge in [-0.1, -0.05) is 29.8 Å². The van der Waals surface area contributed by atoms with Crippen molar-refractivity contribution in [2.24, 2.45) is 0 Å². The van der Waals surface area contributed by atoms with Gasteiger partial charge in [0.25, 0.3) is 10.0 Å². The predicted octanol–water partition coefficient (Wildman–Crippen LogP) is 2.33. The highest BCUT2D eigenvalue weighted by molar-refractivity contribution is 7.90. The number of carbonyl (C=O) groups excluding carboxylic acids is 2. The molecule has 118 valence electrons. The highest BCUT2D eigenvalue weighted by Gasteiger charge is 2.34. The molecule has 23 heavy (non-hydrogen) atoms. The summed E-state index contributed by atoms with van der Waals surface area (Å²) >= 11 is 5.86. The molecule has 0 radical (unpaired) electrons. The van der Waals surface area contributed by atoms with Crippen LogP contribution in [0.3, 0.4) is 0 Å². The van der Waals surface area contributed by atoms with Crippen LogP contribution in [0.5, 0.6) is 0 Å². The lowest BCUT2D eigenvalue weighted by atomic mass is 10.2. The summed E-state index contributed by atoms with van der Waals surface area (Å²) in [5, 5.41) is 0.440. The normalized spacial score (nSPS) is 13.8. The van der Waals surface area contributed by atoms with Crippen molar-refractivity contribution in [2.75, 3.05) is 4.90 Å². The van der Waals surface area contributed by atoms with E-state index in [9.17, 15) is 18.0 Å². The molecule has 0 spiro atoms. The van der Waals surface area contributed by atoms with Crippen molar-refractivity contribution in [1.82, 2.24) is 4.72 Å². The zero-order valence-electron chi connectivity index (χ0n) is 11.7. The summed E-state index contributed by atoms with van der Waals surface area (Å²) in [6.45, 7) is 0. The van der Waals surface area contributed by atoms with Crippen LogP contribution in [0.2, 0.25) is 5.02 Å². The lowest BCUT2D eigenvalue weighted by molar-refractivity contribution is -0.116. The van der Waals surface area contributed by atoms with Crippen molar-refractivity contribution in [3.8, 4) is 0 Å². The number of rotatable bonds is 2. The van der Waals surface area contributed by atoms with Crippen molar-refractivity contribution in [1.29, 1.82) is 0 Å². The van der Waals surface area contributed by atoms with Gasteiger partial charge >= 0.3 is 6.03 Å². The second-order valence-corrected chi connectivity index (χ2v) is 7.02. The number of halogens is 1. The van der Waals surface area contributed by atoms with E-state index >= 15 is 0 Å². The summed E-state index contributed by atoms with van der Waals surface area (Å²) in [5.74, 6) is -0.511. The fraction of sp³-hybridized carbons (Fsp3) is 0.0667. The van der Waals surface area contributed by atoms with Crippen molar-refractivity contribution in [2.45, 2.75) is 11.3 Å². The van der Waals surface area contributed by atoms with E-state index in [2.05, 4.69) is 0 Å². The van der Waals surface area contributed by atoms with Crippen LogP contribution in [0, 0.1) is 0 Å². The lowest BCUT2D eigenvalue weighted by Crippen LogP contribution is -2.44. The Hall–Kier alpha value is -2.38. The van der Waals surface area contributed by atoms with E-state index in [1.807, 2.05) is 4.72 Å². The summed E-state index contributed by atoms with van der Waals surface area (Å²) in [6, 6.07) is 11.1. The molecule has 0 aromatic heterocycles. The predicted molar refractivity (Wildman–Crippen MR) is 84.8 cm³/mol. The maximum absolute atomic E-state index is 12.3. The van der Waals surface area contributed by atoms with Gasteiger partial charge in [-0.05, 0) is 35.9 Å². The Morgan fingerprint density at radius 1 is 1.13 bits per heavy atom. The van der Waals surface area contributed by atoms with E-state index in [4.69, 9.17) is 11.6 Å². The molecule has 0 bridgehead atoms. The Morgan fingerprint density at radius 3 is 2.52 bits per heavy atom. The van der Waals surface area contributed by atoms with E-state index < -0.39 is 22.0 Å². The van der Waals surface area contributed by atoms with Gasteiger partial charge in [-0.3, -0.25) is 4.79 Å². The molecule has 3 rings (SSSR count). The number of sulfonamides is 1. The van der Waals surface area contributed by atoms with Gasteiger partial charge in [-0.15, -0.1) is 0 Å². The third kappa shape index (κ3) is 2.93. The summed E-state index contributed by atoms with van der Waals surface area (Å²) in [4.78, 5) is 25.1. The van der Waals surface area contributed by atoms with Gasteiger partial charge in [-0.2, -0.15) is 0 Å². The highest BCUT2D eigenvalue weighted by atomic mass is 35.5. The number of nitrogens with one attached hydrogen (secondary N) is 1. The first kappa shape index (κ1) is 15.5. The van der Waals surface area contributed by atoms with Crippen molar-refractivity contribution in [3.05, 3.63) is 59.1 Å². The summed E-state index contributed by atoms with van der Waals surface area (Å²) in [5.41, 5.74) is 0.912. The largest absolute Gasteiger partial charge is 0.342 e. The lowest BCUT2D eigenvalue weighted by Gasteiger charge is -2.16. The SMILES string of the molecule is O=C1Cc2cc(Cl)ccc2N1C(=O)NS(=O)(=O)c1ccccc1. The number of urea groups is 1. The van der Waals surface area contributed by atoms with E-state index in [0.29, 0.717) is 16.3 Å². The number of anilines is 1. The number of nitrogens with zero attached hydrogens (tertiary/aromatic N) is 1. The van der Waals surface area contributed by atoms with E-state index in [0.717, 1.165) is 4.90 Å². The molecule has 0 unspecified atom stereocenters. The Balaban J connectivity index is 1.89. The standard InChI is InChI=1S/C15H11ClN2O4S/c16-11-6-7-13-10(8-11)9-14(19)18(13)15(20)17-23(21,22)12-4-2-1-3-5-12/h1-8H,9H2,(H,17,20). The molecule has 0 saturated carbocycles. The minimum absolute atomic E-state index is 0.00526. The summed E-state index contributed by atoms with van der Waals surface area (Å²) in [7, 11) is -4.05. The monoisotopic (exact) mass is 350 g/mol. The van der Waals surface area contributed by atoms with E-state index in [-0.39, 0.29) is 11.3 Å². The summed E-state index contributed by atoms with van der Waals surface area (Å²) < 4.78 is 26.3. The maximum atomic E-state index is 12.3. The molecule has 1 heterocycles. The number of fused-ring (bicyclic) bond motifs is 1. The van der Waals surface area contributed by atoms with Crippen LogP contribution in [0.15, 0.2) is 53.4 Å². The topological polar surface area (TPSA) is 83.6 Å². The second kappa shape index (κ2) is 5.68. The van der Waals surface area contributed by atoms with Crippen LogP contribution in [0.1, 0.15) is 5.56 Å². The minimum atomic E-state index is -4.05. The minimum Gasteiger partial charge on any atom is -0.274 e. The number of hydrogen-bond acceptors (Lipinski definition) is 4. The van der Waals surface area contributed by atoms with E-state index in [1.54, 1.807) is 12.1 Å². The van der Waals surface area contributed by atoms with Crippen LogP contribution in [0.4, 0.5) is 10.5 Å². The first-order chi connectivity index (χ1) is 10.9. The van der Waals surface area contributed by atoms with Crippen molar-refractivity contribution < 1.29 is 18.0 Å². The first-order valence-electron chi connectivity index (χ1n) is 6.62. The van der Waals surface area contributed by atoms with Crippen LogP contribution >= 0.6 is 11.6 Å². The van der Waals surface area contributed by atoms with Gasteiger partial charge in [0.2, 0.25) is 5.91 Å². The van der Waals surface area contributed by atoms with Crippen molar-refractivity contribution >= 4 is 39.2 Å². The van der Waals surface area contributed by atoms with Crippen LogP contribution in [-0.4, -0.2) is 20.4 Å². The zero-order chi connectivity index (χ0) is 16.6. The third-order valence-corrected chi connectivity index (χ3v) is 4.92. The molecule has 2 aromatic rings. The Labute approximate surface area is 137 Å². The molecule has 1 N–H and O–H groups in total. The molecule has 6 nitrogen and oxygen atoms in total. The number of benzene rings is 2. The maximum Gasteiger partial charge on any atom is 0.342 e. The van der Waals surface area contributed by atoms with Crippen LogP contribution in [0.25, 0.3) is 0 Å². The fourth-order valence-electron chi connectivity index (χ4n) is 2.33. The number of carbonyl (C=O) groups is 2. The van der Waals surface area contributed by atoms with E-state index in [1.165, 1.54) is 36.4 Å². The molecule has 0 saturated heterocycles. The van der Waals surface area contributed by atoms with Crippen molar-refractivity contribution in [3.63, 3.8) is 0 Å². The van der Waals surface area contributed by atoms with Gasteiger partial charge in [0.05, 0.1) is 17.0 Å². The molecule has 0 aliphatic carbocycles. The molecule has 1 aliphatic heterocycles. The average molecular weight is 351 g/mol. The molecule has 0 fully saturated rings. The molecule has 8 heteroatoms. The number of imide groups is 1. The molecule has 2 aromatic carbocycles. The van der Waals surface area contributed by atoms with Crippen LogP contribution in [-0.2, 0) is 21.2 Å². The highest BCUT2D eigenvalue weighted by Crippen LogP contribution is 2.31. The second-order valence-electron chi connectivity index (χ2n) is 4.90. The molecule has 1 aliphatic rings. The van der Waals surface area contributed by atoms with Gasteiger partial charge in [-0.25, -0.2) is 22.8 Å².